The van der Waals surface area contributed by atoms with E-state index in [1.165, 1.54) is 0 Å². The van der Waals surface area contributed by atoms with Crippen molar-refractivity contribution in [2.75, 3.05) is 13.2 Å². The number of hydrogen-bond donors (Lipinski definition) is 0. The zero-order valence-electron chi connectivity index (χ0n) is 8.66. The maximum atomic E-state index is 11.9. The van der Waals surface area contributed by atoms with Crippen LogP contribution in [0, 0.1) is 0 Å². The summed E-state index contributed by atoms with van der Waals surface area (Å²) in [5.74, 6) is -0.322. The minimum Gasteiger partial charge on any atom is -0.308 e. The lowest BCUT2D eigenvalue weighted by Crippen LogP contribution is -2.17. The van der Waals surface area contributed by atoms with Gasteiger partial charge in [0.25, 0.3) is 0 Å². The second kappa shape index (κ2) is 6.57. The van der Waals surface area contributed by atoms with Crippen LogP contribution in [0.5, 0.6) is 0 Å². The van der Waals surface area contributed by atoms with E-state index in [1.54, 1.807) is 20.8 Å². The smallest absolute Gasteiger partial charge is 0.308 e. The van der Waals surface area contributed by atoms with Crippen molar-refractivity contribution in [1.82, 2.24) is 0 Å². The van der Waals surface area contributed by atoms with E-state index in [0.717, 1.165) is 0 Å². The molecule has 4 nitrogen and oxygen atoms in total. The Balaban J connectivity index is 4.63. The minimum absolute atomic E-state index is 0.206. The molecule has 0 amide bonds. The van der Waals surface area contributed by atoms with Gasteiger partial charge >= 0.3 is 7.60 Å². The zero-order valence-corrected chi connectivity index (χ0v) is 10.3. The van der Waals surface area contributed by atoms with Gasteiger partial charge in [0.15, 0.2) is 10.9 Å². The number of rotatable bonds is 7. The van der Waals surface area contributed by atoms with Crippen LogP contribution in [0.3, 0.4) is 0 Å². The fraction of sp³-hybridized carbons (Fsp3) is 0.875. The molecule has 0 N–H and O–H groups in total. The largest absolute Gasteiger partial charge is 0.355 e. The van der Waals surface area contributed by atoms with Crippen molar-refractivity contribution in [3.8, 4) is 0 Å². The second-order valence-corrected chi connectivity index (χ2v) is 5.38. The molecule has 0 spiro atoms. The van der Waals surface area contributed by atoms with E-state index in [1.807, 2.05) is 0 Å². The Hall–Kier alpha value is 0.110. The van der Waals surface area contributed by atoms with Crippen LogP contribution in [-0.2, 0) is 18.4 Å². The number of carbonyl (C=O) groups is 1. The summed E-state index contributed by atoms with van der Waals surface area (Å²) in [4.78, 5) is 11.2. The van der Waals surface area contributed by atoms with Crippen LogP contribution in [0.2, 0.25) is 0 Å². The average molecular weight is 243 g/mol. The molecule has 0 aromatic heterocycles. The lowest BCUT2D eigenvalue weighted by atomic mass is 10.3. The van der Waals surface area contributed by atoms with Gasteiger partial charge in [0, 0.05) is 6.42 Å². The normalized spacial score (nSPS) is 14.0. The summed E-state index contributed by atoms with van der Waals surface area (Å²) < 4.78 is 21.8. The number of hydrogen-bond acceptors (Lipinski definition) is 4. The highest BCUT2D eigenvalue weighted by molar-refractivity contribution is 7.57. The van der Waals surface area contributed by atoms with Gasteiger partial charge < -0.3 is 9.05 Å². The van der Waals surface area contributed by atoms with Crippen LogP contribution >= 0.6 is 19.2 Å². The maximum Gasteiger partial charge on any atom is 0.355 e. The standard InChI is InChI=1S/C8H16ClO4P/c1-4-7(10)8(9)14(11,12-5-2)13-6-3/h8H,4-6H2,1-3H3/t8-/m0/s1. The third kappa shape index (κ3) is 3.70. The minimum atomic E-state index is -3.47. The Morgan fingerprint density at radius 1 is 1.29 bits per heavy atom. The summed E-state index contributed by atoms with van der Waals surface area (Å²) >= 11 is 5.73. The van der Waals surface area contributed by atoms with Crippen LogP contribution in [0.25, 0.3) is 0 Å². The molecular formula is C8H16ClO4P. The topological polar surface area (TPSA) is 52.6 Å². The number of halogens is 1. The molecule has 0 bridgehead atoms. The number of alkyl halides is 1. The summed E-state index contributed by atoms with van der Waals surface area (Å²) in [6.07, 6.45) is 0.221. The molecule has 0 aromatic carbocycles. The van der Waals surface area contributed by atoms with Gasteiger partial charge in [0.2, 0.25) is 0 Å². The van der Waals surface area contributed by atoms with Crippen LogP contribution in [-0.4, -0.2) is 24.1 Å². The quantitative estimate of drug-likeness (QED) is 0.509. The van der Waals surface area contributed by atoms with Gasteiger partial charge in [-0.05, 0) is 13.8 Å². The van der Waals surface area contributed by atoms with Gasteiger partial charge in [-0.2, -0.15) is 0 Å². The Kier molecular flexibility index (Phi) is 6.62. The van der Waals surface area contributed by atoms with Crippen LogP contribution in [0.1, 0.15) is 27.2 Å². The molecule has 0 aliphatic heterocycles. The van der Waals surface area contributed by atoms with E-state index >= 15 is 0 Å². The predicted molar refractivity (Wildman–Crippen MR) is 55.8 cm³/mol. The first-order chi connectivity index (χ1) is 6.51. The van der Waals surface area contributed by atoms with Gasteiger partial charge in [-0.3, -0.25) is 9.36 Å². The number of ketones is 1. The van der Waals surface area contributed by atoms with Crippen molar-refractivity contribution >= 4 is 25.0 Å². The lowest BCUT2D eigenvalue weighted by Gasteiger charge is -2.20. The van der Waals surface area contributed by atoms with Gasteiger partial charge in [-0.1, -0.05) is 6.92 Å². The number of Topliss-reactive ketones (excluding diaryl/α,β-unsaturated/α-hetero) is 1. The van der Waals surface area contributed by atoms with E-state index in [-0.39, 0.29) is 25.4 Å². The maximum absolute atomic E-state index is 11.9. The summed E-state index contributed by atoms with van der Waals surface area (Å²) in [6.45, 7) is 5.41. The fourth-order valence-electron chi connectivity index (χ4n) is 0.873. The Morgan fingerprint density at radius 3 is 2.00 bits per heavy atom. The molecule has 0 aromatic rings. The highest BCUT2D eigenvalue weighted by Gasteiger charge is 2.38. The Labute approximate surface area is 89.4 Å². The molecule has 0 rings (SSSR count). The highest BCUT2D eigenvalue weighted by Crippen LogP contribution is 2.55. The van der Waals surface area contributed by atoms with Crippen LogP contribution in [0.15, 0.2) is 0 Å². The van der Waals surface area contributed by atoms with Crippen molar-refractivity contribution < 1.29 is 18.4 Å². The third-order valence-electron chi connectivity index (χ3n) is 1.51. The second-order valence-electron chi connectivity index (χ2n) is 2.53. The average Bonchev–Trinajstić information content (AvgIpc) is 2.16. The molecule has 0 saturated carbocycles. The fourth-order valence-corrected chi connectivity index (χ4v) is 2.96. The van der Waals surface area contributed by atoms with Gasteiger partial charge in [-0.15, -0.1) is 11.6 Å². The van der Waals surface area contributed by atoms with E-state index in [9.17, 15) is 9.36 Å². The highest BCUT2D eigenvalue weighted by atomic mass is 35.5. The van der Waals surface area contributed by atoms with Crippen LogP contribution < -0.4 is 0 Å². The monoisotopic (exact) mass is 242 g/mol. The molecule has 0 fully saturated rings. The molecular weight excluding hydrogens is 227 g/mol. The summed E-state index contributed by atoms with van der Waals surface area (Å²) in [7, 11) is -3.47. The van der Waals surface area contributed by atoms with E-state index in [2.05, 4.69) is 0 Å². The van der Waals surface area contributed by atoms with Crippen LogP contribution in [0.4, 0.5) is 0 Å². The van der Waals surface area contributed by atoms with Gasteiger partial charge in [0.05, 0.1) is 13.2 Å². The molecule has 1 atom stereocenters. The summed E-state index contributed by atoms with van der Waals surface area (Å²) in [5.41, 5.74) is 0. The first-order valence-corrected chi connectivity index (χ1v) is 6.62. The molecule has 0 aliphatic rings. The molecule has 0 heterocycles. The molecule has 6 heteroatoms. The van der Waals surface area contributed by atoms with Gasteiger partial charge in [-0.25, -0.2) is 0 Å². The third-order valence-corrected chi connectivity index (χ3v) is 4.55. The van der Waals surface area contributed by atoms with E-state index in [0.29, 0.717) is 0 Å². The van der Waals surface area contributed by atoms with E-state index in [4.69, 9.17) is 20.6 Å². The summed E-state index contributed by atoms with van der Waals surface area (Å²) in [6, 6.07) is 0. The Bertz CT molecular complexity index is 221. The van der Waals surface area contributed by atoms with Crippen molar-refractivity contribution in [2.24, 2.45) is 0 Å². The van der Waals surface area contributed by atoms with Crippen molar-refractivity contribution in [2.45, 2.75) is 32.3 Å². The zero-order chi connectivity index (χ0) is 11.2. The molecule has 84 valence electrons. The lowest BCUT2D eigenvalue weighted by molar-refractivity contribution is -0.117. The molecule has 14 heavy (non-hydrogen) atoms. The Morgan fingerprint density at radius 2 is 1.71 bits per heavy atom. The first-order valence-electron chi connectivity index (χ1n) is 4.57. The summed E-state index contributed by atoms with van der Waals surface area (Å²) in [5, 5.41) is -1.19. The molecule has 0 unspecified atom stereocenters. The van der Waals surface area contributed by atoms with Crippen molar-refractivity contribution in [3.05, 3.63) is 0 Å². The predicted octanol–water partition coefficient (Wildman–Crippen LogP) is 2.80. The van der Waals surface area contributed by atoms with Crippen molar-refractivity contribution in [1.29, 1.82) is 0 Å². The molecule has 0 aliphatic carbocycles. The molecule has 0 saturated heterocycles. The van der Waals surface area contributed by atoms with Crippen molar-refractivity contribution in [3.63, 3.8) is 0 Å². The van der Waals surface area contributed by atoms with Gasteiger partial charge in [0.1, 0.15) is 0 Å². The molecule has 0 radical (unpaired) electrons. The van der Waals surface area contributed by atoms with E-state index < -0.39 is 12.7 Å². The SMILES string of the molecule is CCOP(=O)(OCC)[C@H](Cl)C(=O)CC. The number of carbonyl (C=O) groups excluding carboxylic acids is 1. The first kappa shape index (κ1) is 14.1.